The molecule has 3 aromatic rings. The molecule has 0 aliphatic carbocycles. The molecule has 7 heteroatoms. The summed E-state index contributed by atoms with van der Waals surface area (Å²) >= 11 is 6.08. The Labute approximate surface area is 168 Å². The number of carbonyl (C=O) groups excluding carboxylic acids is 1. The lowest BCUT2D eigenvalue weighted by molar-refractivity contribution is -0.124. The lowest BCUT2D eigenvalue weighted by Crippen LogP contribution is -2.30. The Hall–Kier alpha value is -3.12. The first-order valence-electron chi connectivity index (χ1n) is 8.61. The first kappa shape index (κ1) is 19.6. The maximum atomic E-state index is 11.4. The van der Waals surface area contributed by atoms with Crippen molar-refractivity contribution in [1.82, 2.24) is 9.97 Å². The molecule has 0 saturated carbocycles. The SMILES string of the molecule is CC(Oc1ccc([CH]c2nccnc2Cl)cc1OCc1ccccc1)C(N)=O. The first-order chi connectivity index (χ1) is 13.5. The Kier molecular flexibility index (Phi) is 6.45. The Bertz CT molecular complexity index is 951. The molecule has 6 nitrogen and oxygen atoms in total. The molecule has 28 heavy (non-hydrogen) atoms. The molecule has 2 N–H and O–H groups in total. The van der Waals surface area contributed by atoms with Crippen LogP contribution >= 0.6 is 11.6 Å². The lowest BCUT2D eigenvalue weighted by Gasteiger charge is -2.17. The molecule has 2 aromatic carbocycles. The van der Waals surface area contributed by atoms with Gasteiger partial charge in [0.25, 0.3) is 5.91 Å². The Morgan fingerprint density at radius 2 is 1.89 bits per heavy atom. The van der Waals surface area contributed by atoms with Crippen LogP contribution in [0.5, 0.6) is 11.5 Å². The van der Waals surface area contributed by atoms with Crippen molar-refractivity contribution in [2.24, 2.45) is 5.73 Å². The number of nitrogens with zero attached hydrogens (tertiary/aromatic N) is 2. The van der Waals surface area contributed by atoms with E-state index in [1.807, 2.05) is 36.4 Å². The minimum absolute atomic E-state index is 0.303. The van der Waals surface area contributed by atoms with Crippen molar-refractivity contribution in [3.63, 3.8) is 0 Å². The van der Waals surface area contributed by atoms with Crippen LogP contribution in [-0.2, 0) is 11.4 Å². The van der Waals surface area contributed by atoms with Gasteiger partial charge in [0, 0.05) is 18.8 Å². The topological polar surface area (TPSA) is 87.3 Å². The summed E-state index contributed by atoms with van der Waals surface area (Å²) in [5.74, 6) is 0.339. The predicted octanol–water partition coefficient (Wildman–Crippen LogP) is 3.56. The molecule has 1 unspecified atom stereocenters. The molecule has 0 aliphatic rings. The first-order valence-corrected chi connectivity index (χ1v) is 8.98. The highest BCUT2D eigenvalue weighted by atomic mass is 35.5. The number of halogens is 1. The number of aromatic nitrogens is 2. The second kappa shape index (κ2) is 9.19. The van der Waals surface area contributed by atoms with Crippen LogP contribution in [0.1, 0.15) is 23.7 Å². The van der Waals surface area contributed by atoms with E-state index in [4.69, 9.17) is 26.8 Å². The fraction of sp³-hybridized carbons (Fsp3) is 0.143. The second-order valence-corrected chi connectivity index (χ2v) is 6.38. The maximum absolute atomic E-state index is 11.4. The molecular formula is C21H19ClN3O3. The highest BCUT2D eigenvalue weighted by molar-refractivity contribution is 6.30. The van der Waals surface area contributed by atoms with E-state index in [-0.39, 0.29) is 0 Å². The molecule has 0 aliphatic heterocycles. The second-order valence-electron chi connectivity index (χ2n) is 6.02. The van der Waals surface area contributed by atoms with Crippen LogP contribution in [0, 0.1) is 6.42 Å². The molecule has 0 bridgehead atoms. The van der Waals surface area contributed by atoms with Gasteiger partial charge < -0.3 is 15.2 Å². The number of benzene rings is 2. The fourth-order valence-electron chi connectivity index (χ4n) is 2.39. The average Bonchev–Trinajstić information content (AvgIpc) is 2.70. The van der Waals surface area contributed by atoms with Crippen molar-refractivity contribution in [1.29, 1.82) is 0 Å². The Morgan fingerprint density at radius 3 is 2.61 bits per heavy atom. The summed E-state index contributed by atoms with van der Waals surface area (Å²) in [6, 6.07) is 15.0. The molecule has 1 amide bonds. The normalized spacial score (nSPS) is 11.6. The highest BCUT2D eigenvalue weighted by Gasteiger charge is 2.15. The summed E-state index contributed by atoms with van der Waals surface area (Å²) in [5.41, 5.74) is 7.64. The van der Waals surface area contributed by atoms with Crippen LogP contribution in [0.3, 0.4) is 0 Å². The van der Waals surface area contributed by atoms with Crippen molar-refractivity contribution < 1.29 is 14.3 Å². The van der Waals surface area contributed by atoms with Gasteiger partial charge in [0.2, 0.25) is 0 Å². The number of hydrogen-bond acceptors (Lipinski definition) is 5. The smallest absolute Gasteiger partial charge is 0.258 e. The van der Waals surface area contributed by atoms with Crippen molar-refractivity contribution in [3.8, 4) is 11.5 Å². The van der Waals surface area contributed by atoms with Gasteiger partial charge in [-0.25, -0.2) is 4.98 Å². The monoisotopic (exact) mass is 396 g/mol. The molecule has 1 radical (unpaired) electrons. The van der Waals surface area contributed by atoms with E-state index in [9.17, 15) is 4.79 Å². The third-order valence-electron chi connectivity index (χ3n) is 3.89. The van der Waals surface area contributed by atoms with E-state index in [0.717, 1.165) is 11.1 Å². The predicted molar refractivity (Wildman–Crippen MR) is 106 cm³/mol. The summed E-state index contributed by atoms with van der Waals surface area (Å²) in [5, 5.41) is 0.303. The number of primary amides is 1. The van der Waals surface area contributed by atoms with E-state index >= 15 is 0 Å². The molecule has 1 heterocycles. The summed E-state index contributed by atoms with van der Waals surface area (Å²) in [6.07, 6.45) is 4.09. The fourth-order valence-corrected chi connectivity index (χ4v) is 2.55. The van der Waals surface area contributed by atoms with Crippen molar-refractivity contribution >= 4 is 17.5 Å². The van der Waals surface area contributed by atoms with E-state index in [0.29, 0.717) is 29.0 Å². The minimum Gasteiger partial charge on any atom is -0.485 e. The van der Waals surface area contributed by atoms with Crippen LogP contribution in [0.2, 0.25) is 5.15 Å². The number of nitrogens with two attached hydrogens (primary N) is 1. The van der Waals surface area contributed by atoms with Gasteiger partial charge in [-0.15, -0.1) is 0 Å². The van der Waals surface area contributed by atoms with Gasteiger partial charge >= 0.3 is 0 Å². The third kappa shape index (κ3) is 5.20. The van der Waals surface area contributed by atoms with Crippen molar-refractivity contribution in [2.75, 3.05) is 0 Å². The van der Waals surface area contributed by atoms with Gasteiger partial charge in [-0.05, 0) is 30.2 Å². The standard InChI is InChI=1S/C21H19ClN3O3/c1-14(21(23)26)28-18-8-7-16(11-17-20(22)25-10-9-24-17)12-19(18)27-13-15-5-3-2-4-6-15/h2-12,14H,13H2,1H3,(H2,23,26). The summed E-state index contributed by atoms with van der Waals surface area (Å²) in [6.45, 7) is 1.93. The van der Waals surface area contributed by atoms with Gasteiger partial charge in [0.1, 0.15) is 6.61 Å². The summed E-state index contributed by atoms with van der Waals surface area (Å²) < 4.78 is 11.6. The molecule has 0 saturated heterocycles. The van der Waals surface area contributed by atoms with E-state index < -0.39 is 12.0 Å². The van der Waals surface area contributed by atoms with Crippen LogP contribution in [-0.4, -0.2) is 22.0 Å². The third-order valence-corrected chi connectivity index (χ3v) is 4.18. The van der Waals surface area contributed by atoms with Gasteiger partial charge in [-0.3, -0.25) is 9.78 Å². The number of rotatable bonds is 8. The molecule has 1 atom stereocenters. The number of hydrogen-bond donors (Lipinski definition) is 1. The molecular weight excluding hydrogens is 378 g/mol. The highest BCUT2D eigenvalue weighted by Crippen LogP contribution is 2.31. The number of carbonyl (C=O) groups is 1. The lowest BCUT2D eigenvalue weighted by atomic mass is 10.1. The quantitative estimate of drug-likeness (QED) is 0.629. The van der Waals surface area contributed by atoms with Gasteiger partial charge in [0.15, 0.2) is 22.8 Å². The van der Waals surface area contributed by atoms with Gasteiger partial charge in [-0.1, -0.05) is 48.0 Å². The maximum Gasteiger partial charge on any atom is 0.258 e. The van der Waals surface area contributed by atoms with Crippen molar-refractivity contribution in [2.45, 2.75) is 19.6 Å². The van der Waals surface area contributed by atoms with Crippen LogP contribution in [0.25, 0.3) is 0 Å². The minimum atomic E-state index is -0.789. The van der Waals surface area contributed by atoms with E-state index in [1.54, 1.807) is 31.7 Å². The van der Waals surface area contributed by atoms with Crippen LogP contribution < -0.4 is 15.2 Å². The van der Waals surface area contributed by atoms with Crippen molar-refractivity contribution in [3.05, 3.63) is 89.3 Å². The molecule has 0 spiro atoms. The summed E-state index contributed by atoms with van der Waals surface area (Å²) in [7, 11) is 0. The Morgan fingerprint density at radius 1 is 1.14 bits per heavy atom. The average molecular weight is 397 g/mol. The van der Waals surface area contributed by atoms with Crippen LogP contribution in [0.4, 0.5) is 0 Å². The van der Waals surface area contributed by atoms with E-state index in [1.165, 1.54) is 6.20 Å². The molecule has 3 rings (SSSR count). The molecule has 0 fully saturated rings. The largest absolute Gasteiger partial charge is 0.485 e. The zero-order chi connectivity index (χ0) is 19.9. The summed E-state index contributed by atoms with van der Waals surface area (Å²) in [4.78, 5) is 19.6. The molecule has 1 aromatic heterocycles. The number of amides is 1. The zero-order valence-electron chi connectivity index (χ0n) is 15.2. The zero-order valence-corrected chi connectivity index (χ0v) is 16.0. The molecule has 143 valence electrons. The number of ether oxygens (including phenoxy) is 2. The van der Waals surface area contributed by atoms with Gasteiger partial charge in [-0.2, -0.15) is 0 Å². The van der Waals surface area contributed by atoms with E-state index in [2.05, 4.69) is 9.97 Å². The Balaban J connectivity index is 1.84. The van der Waals surface area contributed by atoms with Crippen LogP contribution in [0.15, 0.2) is 60.9 Å². The van der Waals surface area contributed by atoms with Gasteiger partial charge in [0.05, 0.1) is 5.69 Å².